The number of nitrogens with zero attached hydrogens (tertiary/aromatic N) is 1. The lowest BCUT2D eigenvalue weighted by molar-refractivity contribution is -0.385. The van der Waals surface area contributed by atoms with Crippen LogP contribution in [-0.4, -0.2) is 29.4 Å². The second-order valence-electron chi connectivity index (χ2n) is 4.34. The first kappa shape index (κ1) is 16.6. The summed E-state index contributed by atoms with van der Waals surface area (Å²) in [6, 6.07) is 5.04. The molecule has 3 amide bonds. The fourth-order valence-electron chi connectivity index (χ4n) is 1.62. The summed E-state index contributed by atoms with van der Waals surface area (Å²) in [5.41, 5.74) is 0.460. The Morgan fingerprint density at radius 2 is 2.00 bits per heavy atom. The molecule has 0 radical (unpaired) electrons. The van der Waals surface area contributed by atoms with Gasteiger partial charge in [0.1, 0.15) is 0 Å². The van der Waals surface area contributed by atoms with Crippen LogP contribution < -0.4 is 16.0 Å². The highest BCUT2D eigenvalue weighted by Crippen LogP contribution is 2.17. The highest BCUT2D eigenvalue weighted by atomic mass is 16.6. The van der Waals surface area contributed by atoms with Crippen molar-refractivity contribution in [3.8, 4) is 0 Å². The summed E-state index contributed by atoms with van der Waals surface area (Å²) >= 11 is 0. The molecule has 8 nitrogen and oxygen atoms in total. The van der Waals surface area contributed by atoms with Gasteiger partial charge in [0.05, 0.1) is 11.0 Å². The van der Waals surface area contributed by atoms with Gasteiger partial charge in [-0.15, -0.1) is 0 Å². The molecule has 0 bridgehead atoms. The number of imide groups is 1. The number of nitro benzene ring substituents is 1. The maximum absolute atomic E-state index is 11.7. The summed E-state index contributed by atoms with van der Waals surface area (Å²) < 4.78 is 0. The summed E-state index contributed by atoms with van der Waals surface area (Å²) in [7, 11) is 0. The van der Waals surface area contributed by atoms with E-state index in [1.54, 1.807) is 32.0 Å². The molecule has 1 aromatic rings. The zero-order chi connectivity index (χ0) is 15.8. The van der Waals surface area contributed by atoms with E-state index >= 15 is 0 Å². The molecule has 3 N–H and O–H groups in total. The number of nitrogens with one attached hydrogen (secondary N) is 3. The Kier molecular flexibility index (Phi) is 6.28. The third kappa shape index (κ3) is 5.19. The molecular weight excluding hydrogens is 276 g/mol. The molecule has 0 saturated heterocycles. The maximum Gasteiger partial charge on any atom is 0.321 e. The SMILES string of the molecule is CCNC(=O)NC(=O)C(C)NCc1ccccc1[N+](=O)[O-]. The summed E-state index contributed by atoms with van der Waals surface area (Å²) in [6.07, 6.45) is 0. The Bertz CT molecular complexity index is 533. The average Bonchev–Trinajstić information content (AvgIpc) is 2.45. The lowest BCUT2D eigenvalue weighted by Gasteiger charge is -2.13. The van der Waals surface area contributed by atoms with Gasteiger partial charge in [0, 0.05) is 24.7 Å². The van der Waals surface area contributed by atoms with Gasteiger partial charge < -0.3 is 10.6 Å². The van der Waals surface area contributed by atoms with Gasteiger partial charge in [-0.25, -0.2) is 4.79 Å². The zero-order valence-electron chi connectivity index (χ0n) is 11.9. The minimum atomic E-state index is -0.660. The second-order valence-corrected chi connectivity index (χ2v) is 4.34. The zero-order valence-corrected chi connectivity index (χ0v) is 11.9. The number of hydrogen-bond donors (Lipinski definition) is 3. The van der Waals surface area contributed by atoms with Crippen LogP contribution in [0, 0.1) is 10.1 Å². The standard InChI is InChI=1S/C13H18N4O4/c1-3-14-13(19)16-12(18)9(2)15-8-10-6-4-5-7-11(10)17(20)21/h4-7,9,15H,3,8H2,1-2H3,(H2,14,16,18,19). The van der Waals surface area contributed by atoms with Crippen molar-refractivity contribution in [3.63, 3.8) is 0 Å². The van der Waals surface area contributed by atoms with Gasteiger partial charge in [-0.2, -0.15) is 0 Å². The quantitative estimate of drug-likeness (QED) is 0.533. The van der Waals surface area contributed by atoms with Crippen molar-refractivity contribution < 1.29 is 14.5 Å². The van der Waals surface area contributed by atoms with E-state index in [0.717, 1.165) is 0 Å². The average molecular weight is 294 g/mol. The summed E-state index contributed by atoms with van der Waals surface area (Å²) in [5.74, 6) is -0.500. The van der Waals surface area contributed by atoms with E-state index in [0.29, 0.717) is 12.1 Å². The molecule has 0 fully saturated rings. The van der Waals surface area contributed by atoms with Crippen LogP contribution in [0.3, 0.4) is 0 Å². The van der Waals surface area contributed by atoms with Crippen LogP contribution in [0.15, 0.2) is 24.3 Å². The highest BCUT2D eigenvalue weighted by molar-refractivity contribution is 5.96. The summed E-state index contributed by atoms with van der Waals surface area (Å²) in [4.78, 5) is 33.3. The van der Waals surface area contributed by atoms with E-state index in [-0.39, 0.29) is 12.2 Å². The third-order valence-electron chi connectivity index (χ3n) is 2.75. The molecule has 114 valence electrons. The van der Waals surface area contributed by atoms with Crippen LogP contribution in [0.25, 0.3) is 0 Å². The number of carbonyl (C=O) groups is 2. The molecule has 0 aliphatic heterocycles. The summed E-state index contributed by atoms with van der Waals surface area (Å²) in [5, 5.41) is 18.3. The number of urea groups is 1. The predicted octanol–water partition coefficient (Wildman–Crippen LogP) is 0.919. The number of hydrogen-bond acceptors (Lipinski definition) is 5. The van der Waals surface area contributed by atoms with Gasteiger partial charge in [0.2, 0.25) is 5.91 Å². The lowest BCUT2D eigenvalue weighted by atomic mass is 10.1. The molecule has 1 aromatic carbocycles. The van der Waals surface area contributed by atoms with Crippen LogP contribution in [0.4, 0.5) is 10.5 Å². The van der Waals surface area contributed by atoms with Crippen molar-refractivity contribution in [2.24, 2.45) is 0 Å². The van der Waals surface area contributed by atoms with Crippen LogP contribution in [0.5, 0.6) is 0 Å². The van der Waals surface area contributed by atoms with Gasteiger partial charge >= 0.3 is 6.03 Å². The smallest absolute Gasteiger partial charge is 0.321 e. The number of carbonyl (C=O) groups excluding carboxylic acids is 2. The molecule has 8 heteroatoms. The first-order valence-corrected chi connectivity index (χ1v) is 6.50. The molecule has 1 unspecified atom stereocenters. The number of rotatable bonds is 6. The molecule has 0 aromatic heterocycles. The van der Waals surface area contributed by atoms with E-state index in [1.807, 2.05) is 0 Å². The monoisotopic (exact) mass is 294 g/mol. The second kappa shape index (κ2) is 7.95. The summed E-state index contributed by atoms with van der Waals surface area (Å²) in [6.45, 7) is 3.88. The fourth-order valence-corrected chi connectivity index (χ4v) is 1.62. The van der Waals surface area contributed by atoms with Crippen molar-refractivity contribution in [2.45, 2.75) is 26.4 Å². The predicted molar refractivity (Wildman–Crippen MR) is 76.6 cm³/mol. The fraction of sp³-hybridized carbons (Fsp3) is 0.385. The Morgan fingerprint density at radius 1 is 1.33 bits per heavy atom. The molecule has 0 aliphatic rings. The van der Waals surface area contributed by atoms with E-state index in [4.69, 9.17) is 0 Å². The first-order chi connectivity index (χ1) is 9.95. The number of benzene rings is 1. The molecule has 0 heterocycles. The van der Waals surface area contributed by atoms with Gasteiger partial charge in [-0.3, -0.25) is 20.2 Å². The van der Waals surface area contributed by atoms with E-state index in [2.05, 4.69) is 16.0 Å². The van der Waals surface area contributed by atoms with Crippen molar-refractivity contribution in [2.75, 3.05) is 6.54 Å². The Labute approximate surface area is 122 Å². The normalized spacial score (nSPS) is 11.5. The number of para-hydroxylation sites is 1. The molecule has 0 aliphatic carbocycles. The maximum atomic E-state index is 11.7. The van der Waals surface area contributed by atoms with Gasteiger partial charge in [0.25, 0.3) is 5.69 Å². The topological polar surface area (TPSA) is 113 Å². The van der Waals surface area contributed by atoms with Gasteiger partial charge in [-0.1, -0.05) is 18.2 Å². The van der Waals surface area contributed by atoms with E-state index in [9.17, 15) is 19.7 Å². The molecule has 1 atom stereocenters. The van der Waals surface area contributed by atoms with Crippen LogP contribution in [0.2, 0.25) is 0 Å². The Balaban J connectivity index is 2.57. The third-order valence-corrected chi connectivity index (χ3v) is 2.75. The molecule has 21 heavy (non-hydrogen) atoms. The van der Waals surface area contributed by atoms with Gasteiger partial charge in [-0.05, 0) is 13.8 Å². The van der Waals surface area contributed by atoms with E-state index in [1.165, 1.54) is 6.07 Å². The lowest BCUT2D eigenvalue weighted by Crippen LogP contribution is -2.47. The molecule has 1 rings (SSSR count). The number of nitro groups is 1. The van der Waals surface area contributed by atoms with Crippen molar-refractivity contribution in [1.82, 2.24) is 16.0 Å². The van der Waals surface area contributed by atoms with Crippen molar-refractivity contribution in [3.05, 3.63) is 39.9 Å². The van der Waals surface area contributed by atoms with Crippen LogP contribution in [0.1, 0.15) is 19.4 Å². The minimum absolute atomic E-state index is 0.0127. The molecule has 0 spiro atoms. The van der Waals surface area contributed by atoms with Crippen molar-refractivity contribution in [1.29, 1.82) is 0 Å². The van der Waals surface area contributed by atoms with Crippen LogP contribution in [-0.2, 0) is 11.3 Å². The number of amides is 3. The minimum Gasteiger partial charge on any atom is -0.338 e. The van der Waals surface area contributed by atoms with Crippen LogP contribution >= 0.6 is 0 Å². The highest BCUT2D eigenvalue weighted by Gasteiger charge is 2.17. The molecule has 0 saturated carbocycles. The van der Waals surface area contributed by atoms with Crippen molar-refractivity contribution >= 4 is 17.6 Å². The largest absolute Gasteiger partial charge is 0.338 e. The Morgan fingerprint density at radius 3 is 2.62 bits per heavy atom. The first-order valence-electron chi connectivity index (χ1n) is 6.50. The van der Waals surface area contributed by atoms with E-state index < -0.39 is 22.9 Å². The Hall–Kier alpha value is -2.48. The molecular formula is C13H18N4O4. The van der Waals surface area contributed by atoms with Gasteiger partial charge in [0.15, 0.2) is 0 Å².